The first-order valence-electron chi connectivity index (χ1n) is 11.7. The third kappa shape index (κ3) is 6.90. The van der Waals surface area contributed by atoms with E-state index < -0.39 is 0 Å². The molecule has 0 unspecified atom stereocenters. The van der Waals surface area contributed by atoms with Crippen LogP contribution in [-0.2, 0) is 9.59 Å². The summed E-state index contributed by atoms with van der Waals surface area (Å²) in [7, 11) is 1.56. The number of nitroso groups, excluding NO2 is 1. The number of carbonyl (C=O) groups is 2. The van der Waals surface area contributed by atoms with Crippen molar-refractivity contribution in [1.29, 1.82) is 0 Å². The van der Waals surface area contributed by atoms with Gasteiger partial charge in [-0.05, 0) is 38.5 Å². The molecule has 0 radical (unpaired) electrons. The molecule has 5 heteroatoms. The van der Waals surface area contributed by atoms with Crippen molar-refractivity contribution in [3.63, 3.8) is 0 Å². The minimum Gasteiger partial charge on any atom is -0.289 e. The Morgan fingerprint density at radius 2 is 1.24 bits per heavy atom. The van der Waals surface area contributed by atoms with Crippen molar-refractivity contribution in [2.45, 2.75) is 103 Å². The number of unbranched alkanes of at least 4 members (excludes halogenated alkanes) is 9. The molecule has 0 saturated carbocycles. The number of hydrogen-bond donors (Lipinski definition) is 0. The summed E-state index contributed by atoms with van der Waals surface area (Å²) in [6.45, 7) is 2.38. The maximum atomic E-state index is 13.1. The van der Waals surface area contributed by atoms with Gasteiger partial charge in [0.05, 0.1) is 11.8 Å². The number of rotatable bonds is 14. The molecule has 2 rings (SSSR count). The number of hydrogen-bond acceptors (Lipinski definition) is 4. The van der Waals surface area contributed by atoms with Crippen molar-refractivity contribution in [3.8, 4) is 0 Å². The van der Waals surface area contributed by atoms with E-state index in [9.17, 15) is 14.5 Å². The molecule has 0 spiro atoms. The Kier molecular flexibility index (Phi) is 10.3. The molecule has 0 saturated heterocycles. The molecule has 0 fully saturated rings. The van der Waals surface area contributed by atoms with E-state index in [-0.39, 0.29) is 18.1 Å². The molecule has 0 aromatic heterocycles. The quantitative estimate of drug-likeness (QED) is 0.149. The van der Waals surface area contributed by atoms with Crippen molar-refractivity contribution in [2.75, 3.05) is 13.6 Å². The van der Waals surface area contributed by atoms with E-state index in [1.165, 1.54) is 56.4 Å². The maximum Gasteiger partial charge on any atom is 0.187 e. The van der Waals surface area contributed by atoms with E-state index in [0.29, 0.717) is 29.6 Å². The number of ketones is 2. The second kappa shape index (κ2) is 12.7. The Bertz CT molecular complexity index is 649. The van der Waals surface area contributed by atoms with E-state index in [4.69, 9.17) is 0 Å². The lowest BCUT2D eigenvalue weighted by atomic mass is 9.76. The third-order valence-electron chi connectivity index (χ3n) is 6.24. The molecular formula is C24H38N2O3. The molecule has 0 heterocycles. The minimum absolute atomic E-state index is 0.0168. The van der Waals surface area contributed by atoms with Crippen LogP contribution >= 0.6 is 0 Å². The lowest BCUT2D eigenvalue weighted by molar-refractivity contribution is -0.117. The summed E-state index contributed by atoms with van der Waals surface area (Å²) in [5.74, 6) is 0.0430. The highest BCUT2D eigenvalue weighted by Gasteiger charge is 2.35. The van der Waals surface area contributed by atoms with Gasteiger partial charge in [-0.3, -0.25) is 14.6 Å². The maximum absolute atomic E-state index is 13.1. The van der Waals surface area contributed by atoms with Crippen LogP contribution in [0.2, 0.25) is 0 Å². The molecule has 5 nitrogen and oxygen atoms in total. The second-order valence-electron chi connectivity index (χ2n) is 8.61. The van der Waals surface area contributed by atoms with Crippen LogP contribution in [0.25, 0.3) is 0 Å². The van der Waals surface area contributed by atoms with Crippen LogP contribution in [0, 0.1) is 4.91 Å². The van der Waals surface area contributed by atoms with Crippen LogP contribution in [0.15, 0.2) is 27.6 Å². The molecule has 0 aromatic carbocycles. The number of allylic oxidation sites excluding steroid dienone is 3. The van der Waals surface area contributed by atoms with Crippen LogP contribution in [0.5, 0.6) is 0 Å². The minimum atomic E-state index is -0.0168. The molecule has 0 atom stereocenters. The van der Waals surface area contributed by atoms with Crippen LogP contribution in [0.4, 0.5) is 0 Å². The highest BCUT2D eigenvalue weighted by Crippen LogP contribution is 2.36. The zero-order chi connectivity index (χ0) is 21.1. The Morgan fingerprint density at radius 3 is 1.76 bits per heavy atom. The summed E-state index contributed by atoms with van der Waals surface area (Å²) >= 11 is 0. The van der Waals surface area contributed by atoms with Crippen LogP contribution < -0.4 is 0 Å². The Balaban J connectivity index is 1.87. The Labute approximate surface area is 175 Å². The van der Waals surface area contributed by atoms with Gasteiger partial charge in [0.15, 0.2) is 11.6 Å². The van der Waals surface area contributed by atoms with Crippen molar-refractivity contribution in [3.05, 3.63) is 27.2 Å². The highest BCUT2D eigenvalue weighted by molar-refractivity contribution is 6.25. The largest absolute Gasteiger partial charge is 0.289 e. The van der Waals surface area contributed by atoms with Gasteiger partial charge >= 0.3 is 0 Å². The summed E-state index contributed by atoms with van der Waals surface area (Å²) in [5, 5.41) is 4.12. The molecule has 162 valence electrons. The predicted molar refractivity (Wildman–Crippen MR) is 117 cm³/mol. The average molecular weight is 403 g/mol. The molecule has 2 aliphatic rings. The highest BCUT2D eigenvalue weighted by atomic mass is 16.3. The standard InChI is InChI=1S/C24H38N2O3/c1-3-4-5-6-7-8-9-10-11-12-15-21-22(18-26(2)25-29)24(28)20-17-14-13-16-19(20)23(21)27/h3-18H2,1-2H3. The van der Waals surface area contributed by atoms with Crippen molar-refractivity contribution in [1.82, 2.24) is 5.01 Å². The Hall–Kier alpha value is -1.78. The zero-order valence-electron chi connectivity index (χ0n) is 18.4. The molecule has 0 amide bonds. The van der Waals surface area contributed by atoms with Gasteiger partial charge < -0.3 is 0 Å². The van der Waals surface area contributed by atoms with Gasteiger partial charge in [-0.15, -0.1) is 4.91 Å². The smallest absolute Gasteiger partial charge is 0.187 e. The number of likely N-dealkylation sites (N-methyl/N-ethyl adjacent to an activating group) is 1. The van der Waals surface area contributed by atoms with E-state index in [2.05, 4.69) is 12.2 Å². The number of carbonyl (C=O) groups excluding carboxylic acids is 2. The topological polar surface area (TPSA) is 66.8 Å². The van der Waals surface area contributed by atoms with Gasteiger partial charge in [0, 0.05) is 29.3 Å². The van der Waals surface area contributed by atoms with Gasteiger partial charge in [0.25, 0.3) is 0 Å². The van der Waals surface area contributed by atoms with Crippen LogP contribution in [0.1, 0.15) is 103 Å². The molecule has 2 aliphatic carbocycles. The average Bonchev–Trinajstić information content (AvgIpc) is 2.74. The summed E-state index contributed by atoms with van der Waals surface area (Å²) in [6, 6.07) is 0. The fourth-order valence-electron chi connectivity index (χ4n) is 4.52. The predicted octanol–water partition coefficient (Wildman–Crippen LogP) is 6.23. The summed E-state index contributed by atoms with van der Waals surface area (Å²) in [4.78, 5) is 36.9. The lowest BCUT2D eigenvalue weighted by Crippen LogP contribution is -2.30. The van der Waals surface area contributed by atoms with Crippen molar-refractivity contribution >= 4 is 11.6 Å². The molecule has 29 heavy (non-hydrogen) atoms. The summed E-state index contributed by atoms with van der Waals surface area (Å²) in [6.07, 6.45) is 16.4. The number of Topliss-reactive ketones (excluding diaryl/α,β-unsaturated/α-hetero) is 2. The molecule has 0 aromatic rings. The van der Waals surface area contributed by atoms with Gasteiger partial charge in [0.1, 0.15) is 0 Å². The van der Waals surface area contributed by atoms with Crippen LogP contribution in [-0.4, -0.2) is 30.2 Å². The van der Waals surface area contributed by atoms with E-state index in [0.717, 1.165) is 37.7 Å². The van der Waals surface area contributed by atoms with E-state index in [1.807, 2.05) is 0 Å². The Morgan fingerprint density at radius 1 is 0.759 bits per heavy atom. The molecule has 0 bridgehead atoms. The first-order valence-corrected chi connectivity index (χ1v) is 11.7. The molecule has 0 N–H and O–H groups in total. The van der Waals surface area contributed by atoms with Crippen molar-refractivity contribution < 1.29 is 9.59 Å². The molecule has 0 aliphatic heterocycles. The third-order valence-corrected chi connectivity index (χ3v) is 6.24. The monoisotopic (exact) mass is 402 g/mol. The van der Waals surface area contributed by atoms with Gasteiger partial charge in [-0.1, -0.05) is 64.7 Å². The van der Waals surface area contributed by atoms with Gasteiger partial charge in [-0.2, -0.15) is 0 Å². The fraction of sp³-hybridized carbons (Fsp3) is 0.750. The van der Waals surface area contributed by atoms with Crippen LogP contribution in [0.3, 0.4) is 0 Å². The summed E-state index contributed by atoms with van der Waals surface area (Å²) < 4.78 is 0. The van der Waals surface area contributed by atoms with E-state index in [1.54, 1.807) is 7.05 Å². The van der Waals surface area contributed by atoms with Gasteiger partial charge in [-0.25, -0.2) is 0 Å². The number of nitrogens with zero attached hydrogens (tertiary/aromatic N) is 2. The normalized spacial score (nSPS) is 17.0. The second-order valence-corrected chi connectivity index (χ2v) is 8.61. The molecular weight excluding hydrogens is 364 g/mol. The van der Waals surface area contributed by atoms with E-state index >= 15 is 0 Å². The first kappa shape index (κ1) is 23.5. The fourth-order valence-corrected chi connectivity index (χ4v) is 4.52. The SMILES string of the molecule is CCCCCCCCCCCCC1=C(CN(C)N=O)C(=O)C2=C(CCCC2)C1=O. The van der Waals surface area contributed by atoms with Crippen molar-refractivity contribution in [2.24, 2.45) is 5.29 Å². The zero-order valence-corrected chi connectivity index (χ0v) is 18.4. The lowest BCUT2D eigenvalue weighted by Gasteiger charge is -2.27. The van der Waals surface area contributed by atoms with Gasteiger partial charge in [0.2, 0.25) is 0 Å². The summed E-state index contributed by atoms with van der Waals surface area (Å²) in [5.41, 5.74) is 2.59. The first-order chi connectivity index (χ1) is 14.1.